The quantitative estimate of drug-likeness (QED) is 0.479. The molecule has 0 saturated carbocycles. The lowest BCUT2D eigenvalue weighted by Crippen LogP contribution is -1.97. The Kier molecular flexibility index (Phi) is 8.08. The average Bonchev–Trinajstić information content (AvgIpc) is 2.25. The van der Waals surface area contributed by atoms with E-state index in [0.717, 1.165) is 0 Å². The zero-order valence-electron chi connectivity index (χ0n) is 9.48. The molecule has 0 radical (unpaired) electrons. The molecule has 0 heterocycles. The van der Waals surface area contributed by atoms with Crippen LogP contribution in [0.4, 0.5) is 0 Å². The smallest absolute Gasteiger partial charge is 0.0458 e. The Morgan fingerprint density at radius 3 is 2.07 bits per heavy atom. The van der Waals surface area contributed by atoms with Crippen molar-refractivity contribution in [3.05, 3.63) is 10.6 Å². The molecule has 0 N–H and O–H groups in total. The molecular formula is C13H22Br2. The number of rotatable bonds is 0. The Morgan fingerprint density at radius 2 is 1.40 bits per heavy atom. The van der Waals surface area contributed by atoms with Crippen LogP contribution in [0, 0.1) is 0 Å². The molecule has 15 heavy (non-hydrogen) atoms. The fourth-order valence-corrected chi connectivity index (χ4v) is 3.00. The molecule has 1 aliphatic rings. The summed E-state index contributed by atoms with van der Waals surface area (Å²) in [6.07, 6.45) is 16.2. The van der Waals surface area contributed by atoms with Crippen LogP contribution in [-0.2, 0) is 0 Å². The Balaban J connectivity index is 2.34. The summed E-state index contributed by atoms with van der Waals surface area (Å²) >= 11 is 7.43. The number of halogens is 2. The average molecular weight is 338 g/mol. The fraction of sp³-hybridized carbons (Fsp3) is 0.846. The lowest BCUT2D eigenvalue weighted by molar-refractivity contribution is 0.566. The van der Waals surface area contributed by atoms with E-state index in [4.69, 9.17) is 0 Å². The summed E-state index contributed by atoms with van der Waals surface area (Å²) in [4.78, 5) is 0.554. The molecule has 0 bridgehead atoms. The maximum absolute atomic E-state index is 3.75. The largest absolute Gasteiger partial charge is 0.0833 e. The minimum atomic E-state index is 0.554. The highest BCUT2D eigenvalue weighted by atomic mass is 79.9. The van der Waals surface area contributed by atoms with Crippen LogP contribution in [0.25, 0.3) is 0 Å². The van der Waals surface area contributed by atoms with Crippen LogP contribution in [-0.4, -0.2) is 4.83 Å². The third-order valence-corrected chi connectivity index (χ3v) is 5.49. The van der Waals surface area contributed by atoms with E-state index in [1.165, 1.54) is 68.7 Å². The third kappa shape index (κ3) is 6.78. The van der Waals surface area contributed by atoms with Crippen molar-refractivity contribution in [1.82, 2.24) is 0 Å². The first-order chi connectivity index (χ1) is 7.30. The van der Waals surface area contributed by atoms with Crippen molar-refractivity contribution in [2.45, 2.75) is 69.0 Å². The highest BCUT2D eigenvalue weighted by molar-refractivity contribution is 9.14. The van der Waals surface area contributed by atoms with Crippen molar-refractivity contribution in [3.8, 4) is 0 Å². The number of hydrogen-bond acceptors (Lipinski definition) is 0. The van der Waals surface area contributed by atoms with Crippen molar-refractivity contribution < 1.29 is 0 Å². The first kappa shape index (κ1) is 13.8. The highest BCUT2D eigenvalue weighted by Crippen LogP contribution is 2.26. The molecule has 0 aliphatic heterocycles. The van der Waals surface area contributed by atoms with Crippen molar-refractivity contribution in [3.63, 3.8) is 0 Å². The first-order valence-electron chi connectivity index (χ1n) is 6.30. The van der Waals surface area contributed by atoms with Crippen LogP contribution in [0.3, 0.4) is 0 Å². The molecule has 2 heteroatoms. The fourth-order valence-electron chi connectivity index (χ4n) is 2.03. The minimum absolute atomic E-state index is 0.554. The molecule has 1 atom stereocenters. The van der Waals surface area contributed by atoms with Crippen molar-refractivity contribution in [2.75, 3.05) is 0 Å². The lowest BCUT2D eigenvalue weighted by atomic mass is 10.1. The molecule has 1 aliphatic carbocycles. The van der Waals surface area contributed by atoms with Gasteiger partial charge in [0.05, 0.1) is 0 Å². The monoisotopic (exact) mass is 336 g/mol. The van der Waals surface area contributed by atoms with Crippen LogP contribution in [0.5, 0.6) is 0 Å². The molecule has 0 nitrogen and oxygen atoms in total. The zero-order valence-corrected chi connectivity index (χ0v) is 12.7. The second-order valence-electron chi connectivity index (χ2n) is 4.46. The molecule has 0 aromatic rings. The molecule has 0 fully saturated rings. The number of hydrogen-bond donors (Lipinski definition) is 0. The summed E-state index contributed by atoms with van der Waals surface area (Å²) in [5.74, 6) is 0. The zero-order chi connectivity index (χ0) is 10.9. The Hall–Kier alpha value is 0.700. The summed E-state index contributed by atoms with van der Waals surface area (Å²) in [5.41, 5.74) is 0. The van der Waals surface area contributed by atoms with Crippen molar-refractivity contribution in [1.29, 1.82) is 0 Å². The molecule has 0 aromatic carbocycles. The van der Waals surface area contributed by atoms with Gasteiger partial charge in [0.1, 0.15) is 0 Å². The number of allylic oxidation sites excluding steroid dienone is 2. The second kappa shape index (κ2) is 8.81. The predicted octanol–water partition coefficient (Wildman–Crippen LogP) is 5.94. The van der Waals surface area contributed by atoms with Gasteiger partial charge in [-0.25, -0.2) is 0 Å². The molecule has 0 amide bonds. The summed E-state index contributed by atoms with van der Waals surface area (Å²) in [6, 6.07) is 0. The van der Waals surface area contributed by atoms with E-state index in [1.54, 1.807) is 0 Å². The van der Waals surface area contributed by atoms with Crippen molar-refractivity contribution in [2.24, 2.45) is 0 Å². The SMILES string of the molecule is Br/C1=C/CCCCCCCCCCC1Br. The molecular weight excluding hydrogens is 316 g/mol. The van der Waals surface area contributed by atoms with Crippen LogP contribution in [0.1, 0.15) is 64.2 Å². The van der Waals surface area contributed by atoms with Crippen LogP contribution in [0.15, 0.2) is 10.6 Å². The van der Waals surface area contributed by atoms with E-state index < -0.39 is 0 Å². The van der Waals surface area contributed by atoms with Gasteiger partial charge in [-0.05, 0) is 19.3 Å². The maximum Gasteiger partial charge on any atom is 0.0458 e. The van der Waals surface area contributed by atoms with E-state index in [9.17, 15) is 0 Å². The van der Waals surface area contributed by atoms with E-state index in [0.29, 0.717) is 4.83 Å². The summed E-state index contributed by atoms with van der Waals surface area (Å²) in [5, 5.41) is 0. The van der Waals surface area contributed by atoms with Crippen LogP contribution < -0.4 is 0 Å². The second-order valence-corrected chi connectivity index (χ2v) is 6.48. The molecule has 0 aromatic heterocycles. The van der Waals surface area contributed by atoms with E-state index in [2.05, 4.69) is 37.9 Å². The predicted molar refractivity (Wildman–Crippen MR) is 75.9 cm³/mol. The van der Waals surface area contributed by atoms with Gasteiger partial charge in [0.25, 0.3) is 0 Å². The Bertz CT molecular complexity index is 187. The van der Waals surface area contributed by atoms with Gasteiger partial charge >= 0.3 is 0 Å². The van der Waals surface area contributed by atoms with Crippen LogP contribution in [0.2, 0.25) is 0 Å². The molecule has 0 spiro atoms. The summed E-state index contributed by atoms with van der Waals surface area (Å²) < 4.78 is 1.36. The van der Waals surface area contributed by atoms with Gasteiger partial charge in [-0.3, -0.25) is 0 Å². The Labute approximate surface area is 111 Å². The molecule has 88 valence electrons. The summed E-state index contributed by atoms with van der Waals surface area (Å²) in [7, 11) is 0. The third-order valence-electron chi connectivity index (χ3n) is 3.05. The molecule has 0 saturated heterocycles. The summed E-state index contributed by atoms with van der Waals surface area (Å²) in [6.45, 7) is 0. The van der Waals surface area contributed by atoms with Gasteiger partial charge in [0.2, 0.25) is 0 Å². The highest BCUT2D eigenvalue weighted by Gasteiger charge is 2.07. The minimum Gasteiger partial charge on any atom is -0.0833 e. The van der Waals surface area contributed by atoms with Crippen LogP contribution >= 0.6 is 31.9 Å². The molecule has 1 unspecified atom stereocenters. The van der Waals surface area contributed by atoms with Gasteiger partial charge < -0.3 is 0 Å². The lowest BCUT2D eigenvalue weighted by Gasteiger charge is -2.08. The maximum atomic E-state index is 3.75. The van der Waals surface area contributed by atoms with Gasteiger partial charge in [-0.1, -0.05) is 82.9 Å². The van der Waals surface area contributed by atoms with Gasteiger partial charge in [-0.2, -0.15) is 0 Å². The van der Waals surface area contributed by atoms with Crippen molar-refractivity contribution >= 4 is 31.9 Å². The van der Waals surface area contributed by atoms with Gasteiger partial charge in [0.15, 0.2) is 0 Å². The standard InChI is InChI=1S/C13H22Br2/c14-12-10-8-6-4-2-1-3-5-7-9-11-13(12)15/h10,13H,1-9,11H2/b12-10+. The molecule has 1 rings (SSSR count). The topological polar surface area (TPSA) is 0 Å². The normalized spacial score (nSPS) is 30.5. The van der Waals surface area contributed by atoms with E-state index in [1.807, 2.05) is 0 Å². The van der Waals surface area contributed by atoms with Gasteiger partial charge in [-0.15, -0.1) is 0 Å². The van der Waals surface area contributed by atoms with E-state index >= 15 is 0 Å². The van der Waals surface area contributed by atoms with E-state index in [-0.39, 0.29) is 0 Å². The first-order valence-corrected chi connectivity index (χ1v) is 8.01. The number of alkyl halides is 1. The van der Waals surface area contributed by atoms with Gasteiger partial charge in [0, 0.05) is 9.31 Å². The Morgan fingerprint density at radius 1 is 0.867 bits per heavy atom.